The van der Waals surface area contributed by atoms with Crippen molar-refractivity contribution in [2.45, 2.75) is 76.3 Å². The highest BCUT2D eigenvalue weighted by Gasteiger charge is 2.75. The molecule has 1 spiro atoms. The highest BCUT2D eigenvalue weighted by atomic mass is 16.6. The molecule has 3 rings (SSSR count). The number of carbonyl (C=O) groups excluding carboxylic acids is 3. The van der Waals surface area contributed by atoms with E-state index in [2.05, 4.69) is 20.1 Å². The zero-order valence-electron chi connectivity index (χ0n) is 19.4. The number of esters is 1. The minimum Gasteiger partial charge on any atom is -0.461 e. The van der Waals surface area contributed by atoms with Crippen molar-refractivity contribution in [1.29, 1.82) is 0 Å². The summed E-state index contributed by atoms with van der Waals surface area (Å²) in [5.41, 5.74) is -1.09. The average Bonchev–Trinajstić information content (AvgIpc) is 3.42. The van der Waals surface area contributed by atoms with E-state index < -0.39 is 41.6 Å². The minimum atomic E-state index is -1.09. The Kier molecular flexibility index (Phi) is 7.45. The third-order valence-corrected chi connectivity index (χ3v) is 7.17. The van der Waals surface area contributed by atoms with E-state index in [0.717, 1.165) is 12.8 Å². The van der Waals surface area contributed by atoms with E-state index in [4.69, 9.17) is 9.47 Å². The summed E-state index contributed by atoms with van der Waals surface area (Å²) < 4.78 is 11.6. The first kappa shape index (κ1) is 24.5. The van der Waals surface area contributed by atoms with Gasteiger partial charge in [0.05, 0.1) is 30.6 Å². The van der Waals surface area contributed by atoms with Crippen molar-refractivity contribution in [3.8, 4) is 0 Å². The van der Waals surface area contributed by atoms with E-state index in [9.17, 15) is 19.5 Å². The van der Waals surface area contributed by atoms with Gasteiger partial charge in [0.2, 0.25) is 11.8 Å². The summed E-state index contributed by atoms with van der Waals surface area (Å²) >= 11 is 0. The van der Waals surface area contributed by atoms with Gasteiger partial charge in [0.25, 0.3) is 0 Å². The highest BCUT2D eigenvalue weighted by molar-refractivity contribution is 5.98. The maximum Gasteiger partial charge on any atom is 0.312 e. The number of amides is 2. The fourth-order valence-corrected chi connectivity index (χ4v) is 5.79. The molecule has 1 N–H and O–H groups in total. The monoisotopic (exact) mass is 448 g/mol. The number of nitrogens with zero attached hydrogens (tertiary/aromatic N) is 2. The lowest BCUT2D eigenvalue weighted by molar-refractivity contribution is -0.156. The minimum absolute atomic E-state index is 0.0470. The van der Waals surface area contributed by atoms with E-state index >= 15 is 0 Å². The second kappa shape index (κ2) is 9.75. The van der Waals surface area contributed by atoms with Crippen molar-refractivity contribution in [3.05, 3.63) is 25.3 Å². The predicted octanol–water partition coefficient (Wildman–Crippen LogP) is 1.67. The first-order valence-electron chi connectivity index (χ1n) is 11.6. The molecule has 0 aromatic carbocycles. The lowest BCUT2D eigenvalue weighted by Gasteiger charge is -2.40. The quantitative estimate of drug-likeness (QED) is 0.382. The molecule has 0 aromatic heterocycles. The van der Waals surface area contributed by atoms with E-state index in [-0.39, 0.29) is 31.1 Å². The van der Waals surface area contributed by atoms with Crippen LogP contribution in [-0.2, 0) is 23.9 Å². The van der Waals surface area contributed by atoms with Crippen LogP contribution in [0, 0.1) is 11.8 Å². The third-order valence-electron chi connectivity index (χ3n) is 7.17. The summed E-state index contributed by atoms with van der Waals surface area (Å²) in [5, 5.41) is 9.89. The van der Waals surface area contributed by atoms with E-state index in [1.807, 2.05) is 6.92 Å². The topological polar surface area (TPSA) is 96.4 Å². The number of hydrogen-bond donors (Lipinski definition) is 1. The number of aliphatic hydroxyl groups excluding tert-OH is 1. The van der Waals surface area contributed by atoms with Crippen LogP contribution >= 0.6 is 0 Å². The van der Waals surface area contributed by atoms with Crippen LogP contribution in [0.25, 0.3) is 0 Å². The van der Waals surface area contributed by atoms with Gasteiger partial charge in [0.1, 0.15) is 18.2 Å². The summed E-state index contributed by atoms with van der Waals surface area (Å²) in [6.07, 6.45) is 5.51. The standard InChI is InChI=1S/C24H36N2O6/c1-6-9-15(4)25(12-7-2)22(29)20-24-11-10-17(32-24)18(23(30)31-13-8-3)19(24)21(28)26(20)16(5)14-27/h7-8,15-20,27H,2-3,6,9-14H2,1,4-5H3/t15?,16-,17-,18+,19+,20?,24?/m1/s1. The van der Waals surface area contributed by atoms with Crippen LogP contribution in [0.5, 0.6) is 0 Å². The first-order chi connectivity index (χ1) is 15.3. The van der Waals surface area contributed by atoms with Crippen molar-refractivity contribution in [3.63, 3.8) is 0 Å². The van der Waals surface area contributed by atoms with Crippen LogP contribution in [0.2, 0.25) is 0 Å². The van der Waals surface area contributed by atoms with Gasteiger partial charge in [-0.05, 0) is 33.1 Å². The molecule has 0 radical (unpaired) electrons. The maximum atomic E-state index is 14.0. The smallest absolute Gasteiger partial charge is 0.312 e. The second-order valence-corrected chi connectivity index (χ2v) is 9.17. The van der Waals surface area contributed by atoms with Gasteiger partial charge in [0.15, 0.2) is 0 Å². The molecule has 2 bridgehead atoms. The van der Waals surface area contributed by atoms with Crippen LogP contribution in [0.15, 0.2) is 25.3 Å². The summed E-state index contributed by atoms with van der Waals surface area (Å²) in [4.78, 5) is 43.7. The van der Waals surface area contributed by atoms with Crippen molar-refractivity contribution >= 4 is 17.8 Å². The molecule has 178 valence electrons. The van der Waals surface area contributed by atoms with Gasteiger partial charge in [-0.15, -0.1) is 6.58 Å². The molecule has 3 fully saturated rings. The molecule has 32 heavy (non-hydrogen) atoms. The lowest BCUT2D eigenvalue weighted by atomic mass is 9.70. The number of ether oxygens (including phenoxy) is 2. The zero-order chi connectivity index (χ0) is 23.6. The molecule has 2 amide bonds. The Balaban J connectivity index is 2.03. The lowest BCUT2D eigenvalue weighted by Crippen LogP contribution is -2.59. The number of fused-ring (bicyclic) bond motifs is 1. The summed E-state index contributed by atoms with van der Waals surface area (Å²) in [5.74, 6) is -2.60. The van der Waals surface area contributed by atoms with E-state index in [1.165, 1.54) is 11.0 Å². The van der Waals surface area contributed by atoms with Gasteiger partial charge in [0, 0.05) is 12.6 Å². The van der Waals surface area contributed by atoms with Gasteiger partial charge in [-0.2, -0.15) is 0 Å². The van der Waals surface area contributed by atoms with Gasteiger partial charge in [-0.25, -0.2) is 0 Å². The normalized spacial score (nSPS) is 32.4. The van der Waals surface area contributed by atoms with Gasteiger partial charge in [-0.1, -0.05) is 32.1 Å². The molecule has 0 aliphatic carbocycles. The van der Waals surface area contributed by atoms with Crippen molar-refractivity contribution in [2.75, 3.05) is 19.8 Å². The van der Waals surface area contributed by atoms with Gasteiger partial charge >= 0.3 is 5.97 Å². The fourth-order valence-electron chi connectivity index (χ4n) is 5.79. The van der Waals surface area contributed by atoms with E-state index in [0.29, 0.717) is 19.4 Å². The number of hydrogen-bond acceptors (Lipinski definition) is 6. The van der Waals surface area contributed by atoms with Crippen LogP contribution in [-0.4, -0.2) is 82.3 Å². The van der Waals surface area contributed by atoms with Crippen molar-refractivity contribution in [1.82, 2.24) is 9.80 Å². The molecule has 7 atom stereocenters. The van der Waals surface area contributed by atoms with Crippen LogP contribution in [0.4, 0.5) is 0 Å². The van der Waals surface area contributed by atoms with E-state index in [1.54, 1.807) is 17.9 Å². The molecular formula is C24H36N2O6. The van der Waals surface area contributed by atoms with Crippen molar-refractivity contribution < 1.29 is 29.0 Å². The largest absolute Gasteiger partial charge is 0.461 e. The summed E-state index contributed by atoms with van der Waals surface area (Å²) in [6, 6.07) is -1.53. The maximum absolute atomic E-state index is 14.0. The molecule has 3 saturated heterocycles. The Hall–Kier alpha value is -2.19. The van der Waals surface area contributed by atoms with Crippen LogP contribution in [0.3, 0.4) is 0 Å². The summed E-state index contributed by atoms with van der Waals surface area (Å²) in [6.45, 7) is 13.2. The SMILES string of the molecule is C=CCOC(=O)[C@@H]1[C@H]2C(=O)N([C@H](C)CO)C(C(=O)N(CC=C)C(C)CCC)C23CC[C@H]1O3. The molecule has 3 heterocycles. The number of rotatable bonds is 11. The predicted molar refractivity (Wildman–Crippen MR) is 118 cm³/mol. The molecule has 3 aliphatic rings. The molecular weight excluding hydrogens is 412 g/mol. The number of carbonyl (C=O) groups is 3. The highest BCUT2D eigenvalue weighted by Crippen LogP contribution is 2.59. The number of likely N-dealkylation sites (tertiary alicyclic amines) is 1. The Morgan fingerprint density at radius 2 is 2.09 bits per heavy atom. The first-order valence-corrected chi connectivity index (χ1v) is 11.6. The van der Waals surface area contributed by atoms with Crippen molar-refractivity contribution in [2.24, 2.45) is 11.8 Å². The van der Waals surface area contributed by atoms with Crippen LogP contribution < -0.4 is 0 Å². The fraction of sp³-hybridized carbons (Fsp3) is 0.708. The molecule has 8 heteroatoms. The van der Waals surface area contributed by atoms with Gasteiger partial charge < -0.3 is 24.4 Å². The Labute approximate surface area is 190 Å². The average molecular weight is 449 g/mol. The molecule has 3 aliphatic heterocycles. The second-order valence-electron chi connectivity index (χ2n) is 9.17. The molecule has 0 aromatic rings. The third kappa shape index (κ3) is 3.77. The Morgan fingerprint density at radius 1 is 1.38 bits per heavy atom. The molecule has 8 nitrogen and oxygen atoms in total. The summed E-state index contributed by atoms with van der Waals surface area (Å²) in [7, 11) is 0. The molecule has 3 unspecified atom stereocenters. The van der Waals surface area contributed by atoms with Gasteiger partial charge in [-0.3, -0.25) is 14.4 Å². The zero-order valence-corrected chi connectivity index (χ0v) is 19.4. The Bertz CT molecular complexity index is 770. The number of aliphatic hydroxyl groups is 1. The Morgan fingerprint density at radius 3 is 2.69 bits per heavy atom. The molecule has 0 saturated carbocycles. The van der Waals surface area contributed by atoms with Crippen LogP contribution in [0.1, 0.15) is 46.5 Å².